The summed E-state index contributed by atoms with van der Waals surface area (Å²) in [5.74, 6) is -0.563. The highest BCUT2D eigenvalue weighted by Crippen LogP contribution is 2.48. The fourth-order valence-electron chi connectivity index (χ4n) is 4.84. The molecule has 5 nitrogen and oxygen atoms in total. The standard InChI is InChI=1S/C27H30N2O3S/c1-15-12-19-20(27(5,6)11-10-26(19,3)4)14-18(15)23-17(8-7-9-21(23)28-16(2)30)13-22-24(31)29-25(32)33-22/h7-9,12-14H,10-11H2,1-6H3,(H,28,30)(H,29,31,32). The molecule has 3 amide bonds. The normalized spacial score (nSPS) is 19.9. The summed E-state index contributed by atoms with van der Waals surface area (Å²) in [5, 5.41) is 4.90. The Bertz CT molecular complexity index is 1220. The summed E-state index contributed by atoms with van der Waals surface area (Å²) in [6.45, 7) is 12.7. The van der Waals surface area contributed by atoms with E-state index in [4.69, 9.17) is 0 Å². The van der Waals surface area contributed by atoms with Gasteiger partial charge in [-0.15, -0.1) is 0 Å². The lowest BCUT2D eigenvalue weighted by Gasteiger charge is -2.42. The van der Waals surface area contributed by atoms with E-state index in [0.717, 1.165) is 46.9 Å². The van der Waals surface area contributed by atoms with Gasteiger partial charge in [-0.25, -0.2) is 0 Å². The zero-order valence-corrected chi connectivity index (χ0v) is 20.8. The molecule has 6 heteroatoms. The topological polar surface area (TPSA) is 75.3 Å². The lowest BCUT2D eigenvalue weighted by Crippen LogP contribution is -2.34. The fourth-order valence-corrected chi connectivity index (χ4v) is 5.51. The number of fused-ring (bicyclic) bond motifs is 1. The van der Waals surface area contributed by atoms with Gasteiger partial charge in [-0.1, -0.05) is 45.9 Å². The summed E-state index contributed by atoms with van der Waals surface area (Å²) in [5.41, 5.74) is 7.26. The van der Waals surface area contributed by atoms with Crippen LogP contribution in [0.2, 0.25) is 0 Å². The predicted molar refractivity (Wildman–Crippen MR) is 135 cm³/mol. The molecule has 172 valence electrons. The average molecular weight is 463 g/mol. The van der Waals surface area contributed by atoms with Crippen LogP contribution in [0.25, 0.3) is 17.2 Å². The summed E-state index contributed by atoms with van der Waals surface area (Å²) in [4.78, 5) is 36.3. The number of benzene rings is 2. The first-order valence-electron chi connectivity index (χ1n) is 11.2. The van der Waals surface area contributed by atoms with Crippen molar-refractivity contribution in [3.05, 3.63) is 57.5 Å². The van der Waals surface area contributed by atoms with E-state index in [-0.39, 0.29) is 22.0 Å². The van der Waals surface area contributed by atoms with Gasteiger partial charge in [0.05, 0.1) is 4.91 Å². The Hall–Kier alpha value is -2.86. The van der Waals surface area contributed by atoms with E-state index in [2.05, 4.69) is 57.4 Å². The Labute approximate surface area is 199 Å². The van der Waals surface area contributed by atoms with Crippen LogP contribution in [0.15, 0.2) is 35.2 Å². The molecule has 1 aliphatic heterocycles. The molecule has 2 aliphatic rings. The van der Waals surface area contributed by atoms with Crippen LogP contribution in [0.3, 0.4) is 0 Å². The molecule has 1 aliphatic carbocycles. The number of carbonyl (C=O) groups is 3. The maximum atomic E-state index is 12.2. The van der Waals surface area contributed by atoms with E-state index in [9.17, 15) is 14.4 Å². The van der Waals surface area contributed by atoms with Crippen LogP contribution in [0, 0.1) is 6.92 Å². The van der Waals surface area contributed by atoms with E-state index >= 15 is 0 Å². The Morgan fingerprint density at radius 1 is 1.06 bits per heavy atom. The van der Waals surface area contributed by atoms with Crippen molar-refractivity contribution >= 4 is 40.6 Å². The summed E-state index contributed by atoms with van der Waals surface area (Å²) in [6.07, 6.45) is 3.96. The van der Waals surface area contributed by atoms with E-state index in [0.29, 0.717) is 10.6 Å². The quantitative estimate of drug-likeness (QED) is 0.525. The molecule has 0 bridgehead atoms. The molecule has 0 radical (unpaired) electrons. The number of anilines is 1. The minimum atomic E-state index is -0.397. The third-order valence-corrected chi connectivity index (χ3v) is 7.61. The Morgan fingerprint density at radius 2 is 1.70 bits per heavy atom. The Balaban J connectivity index is 1.99. The second-order valence-corrected chi connectivity index (χ2v) is 11.3. The van der Waals surface area contributed by atoms with Gasteiger partial charge in [-0.2, -0.15) is 0 Å². The molecule has 0 aromatic heterocycles. The van der Waals surface area contributed by atoms with Crippen LogP contribution in [0.4, 0.5) is 10.5 Å². The lowest BCUT2D eigenvalue weighted by atomic mass is 9.62. The van der Waals surface area contributed by atoms with Gasteiger partial charge in [0, 0.05) is 18.2 Å². The first-order chi connectivity index (χ1) is 15.4. The molecule has 1 saturated heterocycles. The van der Waals surface area contributed by atoms with E-state index < -0.39 is 5.91 Å². The second-order valence-electron chi connectivity index (χ2n) is 10.3. The zero-order valence-electron chi connectivity index (χ0n) is 20.0. The van der Waals surface area contributed by atoms with Crippen LogP contribution >= 0.6 is 11.8 Å². The third-order valence-electron chi connectivity index (χ3n) is 6.80. The summed E-state index contributed by atoms with van der Waals surface area (Å²) < 4.78 is 0. The molecule has 2 aromatic rings. The molecule has 33 heavy (non-hydrogen) atoms. The number of aryl methyl sites for hydroxylation is 1. The predicted octanol–water partition coefficient (Wildman–Crippen LogP) is 6.29. The van der Waals surface area contributed by atoms with Crippen molar-refractivity contribution in [2.75, 3.05) is 5.32 Å². The maximum absolute atomic E-state index is 12.2. The molecular weight excluding hydrogens is 432 g/mol. The number of rotatable bonds is 3. The summed E-state index contributed by atoms with van der Waals surface area (Å²) in [7, 11) is 0. The summed E-state index contributed by atoms with van der Waals surface area (Å²) in [6, 6.07) is 10.2. The van der Waals surface area contributed by atoms with E-state index in [1.165, 1.54) is 18.1 Å². The van der Waals surface area contributed by atoms with Crippen LogP contribution in [-0.2, 0) is 20.4 Å². The zero-order chi connectivity index (χ0) is 24.1. The van der Waals surface area contributed by atoms with Crippen LogP contribution in [0.5, 0.6) is 0 Å². The molecule has 0 spiro atoms. The number of carbonyl (C=O) groups excluding carboxylic acids is 3. The SMILES string of the molecule is CC(=O)Nc1cccc(C=C2SC(=O)NC2=O)c1-c1cc2c(cc1C)C(C)(C)CCC2(C)C. The van der Waals surface area contributed by atoms with Gasteiger partial charge >= 0.3 is 0 Å². The highest BCUT2D eigenvalue weighted by Gasteiger charge is 2.37. The molecular formula is C27H30N2O3S. The molecule has 4 rings (SSSR count). The number of amides is 3. The number of imide groups is 1. The molecule has 1 fully saturated rings. The fraction of sp³-hybridized carbons (Fsp3) is 0.370. The van der Waals surface area contributed by atoms with Gasteiger partial charge in [-0.05, 0) is 88.4 Å². The minimum absolute atomic E-state index is 0.0302. The molecule has 2 aromatic carbocycles. The highest BCUT2D eigenvalue weighted by atomic mass is 32.2. The minimum Gasteiger partial charge on any atom is -0.326 e. The number of nitrogens with one attached hydrogen (secondary N) is 2. The monoisotopic (exact) mass is 462 g/mol. The first-order valence-corrected chi connectivity index (χ1v) is 12.0. The Kier molecular flexibility index (Phi) is 5.77. The van der Waals surface area contributed by atoms with Crippen LogP contribution in [0.1, 0.15) is 69.7 Å². The maximum Gasteiger partial charge on any atom is 0.290 e. The molecule has 1 heterocycles. The molecule has 0 saturated carbocycles. The number of thioether (sulfide) groups is 1. The van der Waals surface area contributed by atoms with Crippen molar-refractivity contribution < 1.29 is 14.4 Å². The van der Waals surface area contributed by atoms with Gasteiger partial charge in [-0.3, -0.25) is 19.7 Å². The van der Waals surface area contributed by atoms with Crippen LogP contribution in [-0.4, -0.2) is 17.1 Å². The Morgan fingerprint density at radius 3 is 2.27 bits per heavy atom. The van der Waals surface area contributed by atoms with Gasteiger partial charge in [0.2, 0.25) is 5.91 Å². The molecule has 2 N–H and O–H groups in total. The number of hydrogen-bond donors (Lipinski definition) is 2. The van der Waals surface area contributed by atoms with Crippen molar-refractivity contribution in [1.29, 1.82) is 0 Å². The highest BCUT2D eigenvalue weighted by molar-refractivity contribution is 8.18. The van der Waals surface area contributed by atoms with Gasteiger partial charge in [0.15, 0.2) is 0 Å². The van der Waals surface area contributed by atoms with Crippen molar-refractivity contribution in [3.8, 4) is 11.1 Å². The second kappa shape index (κ2) is 8.17. The van der Waals surface area contributed by atoms with Crippen molar-refractivity contribution in [1.82, 2.24) is 5.32 Å². The van der Waals surface area contributed by atoms with Crippen molar-refractivity contribution in [2.24, 2.45) is 0 Å². The van der Waals surface area contributed by atoms with Gasteiger partial charge < -0.3 is 5.32 Å². The van der Waals surface area contributed by atoms with Crippen LogP contribution < -0.4 is 10.6 Å². The van der Waals surface area contributed by atoms with Crippen molar-refractivity contribution in [3.63, 3.8) is 0 Å². The first kappa shape index (κ1) is 23.3. The largest absolute Gasteiger partial charge is 0.326 e. The molecule has 0 unspecified atom stereocenters. The number of hydrogen-bond acceptors (Lipinski definition) is 4. The third kappa shape index (κ3) is 4.36. The molecule has 0 atom stereocenters. The smallest absolute Gasteiger partial charge is 0.290 e. The summed E-state index contributed by atoms with van der Waals surface area (Å²) >= 11 is 0.893. The van der Waals surface area contributed by atoms with Gasteiger partial charge in [0.25, 0.3) is 11.1 Å². The lowest BCUT2D eigenvalue weighted by molar-refractivity contribution is -0.115. The van der Waals surface area contributed by atoms with Gasteiger partial charge in [0.1, 0.15) is 0 Å². The van der Waals surface area contributed by atoms with E-state index in [1.807, 2.05) is 18.2 Å². The van der Waals surface area contributed by atoms with E-state index in [1.54, 1.807) is 6.08 Å². The van der Waals surface area contributed by atoms with Crippen molar-refractivity contribution in [2.45, 2.75) is 65.2 Å². The average Bonchev–Trinajstić information content (AvgIpc) is 3.02.